The number of aromatic nitrogens is 5. The number of imidazole rings is 1. The second-order valence-corrected chi connectivity index (χ2v) is 11.3. The molecule has 9 nitrogen and oxygen atoms in total. The van der Waals surface area contributed by atoms with Gasteiger partial charge in [-0.05, 0) is 68.4 Å². The van der Waals surface area contributed by atoms with Crippen LogP contribution in [-0.2, 0) is 16.9 Å². The molecule has 4 aromatic rings. The number of benzene rings is 1. The van der Waals surface area contributed by atoms with Gasteiger partial charge in [-0.1, -0.05) is 43.5 Å². The van der Waals surface area contributed by atoms with Crippen LogP contribution in [0.4, 0.5) is 0 Å². The molecule has 5 rings (SSSR count). The van der Waals surface area contributed by atoms with E-state index >= 15 is 0 Å². The van der Waals surface area contributed by atoms with E-state index in [1.165, 1.54) is 12.8 Å². The second-order valence-electron chi connectivity index (χ2n) is 10.9. The van der Waals surface area contributed by atoms with Crippen LogP contribution in [0.2, 0.25) is 5.02 Å². The van der Waals surface area contributed by atoms with Crippen LogP contribution >= 0.6 is 11.6 Å². The molecule has 0 unspecified atom stereocenters. The molecule has 0 spiro atoms. The first-order chi connectivity index (χ1) is 18.6. The van der Waals surface area contributed by atoms with Gasteiger partial charge < -0.3 is 15.4 Å². The van der Waals surface area contributed by atoms with Gasteiger partial charge in [-0.15, -0.1) is 0 Å². The molecule has 0 radical (unpaired) electrons. The Hall–Kier alpha value is -3.69. The minimum Gasteiger partial charge on any atom is -0.386 e. The molecule has 10 heteroatoms. The highest BCUT2D eigenvalue weighted by molar-refractivity contribution is 6.30. The minimum absolute atomic E-state index is 0.102. The summed E-state index contributed by atoms with van der Waals surface area (Å²) in [7, 11) is 0. The summed E-state index contributed by atoms with van der Waals surface area (Å²) in [6.07, 6.45) is 6.63. The zero-order chi connectivity index (χ0) is 27.7. The maximum absolute atomic E-state index is 11.1. The number of aliphatic hydroxyl groups is 1. The van der Waals surface area contributed by atoms with Gasteiger partial charge in [0.15, 0.2) is 23.1 Å². The van der Waals surface area contributed by atoms with Crippen LogP contribution in [0.25, 0.3) is 33.9 Å². The van der Waals surface area contributed by atoms with E-state index in [9.17, 15) is 9.90 Å². The molecule has 1 fully saturated rings. The van der Waals surface area contributed by atoms with E-state index in [2.05, 4.69) is 26.5 Å². The SMILES string of the molecule is CC1CCC(Cn2c(-c3cc(C(C)(C)O)ccn3)nc3nc(C(N)=NC=O)nc(-c4cccc(Cl)c4)c32)CC1. The number of nitrogens with zero attached hydrogens (tertiary/aromatic N) is 6. The van der Waals surface area contributed by atoms with Gasteiger partial charge in [0.1, 0.15) is 16.9 Å². The quantitative estimate of drug-likeness (QED) is 0.187. The van der Waals surface area contributed by atoms with E-state index in [0.717, 1.165) is 35.4 Å². The number of halogens is 1. The lowest BCUT2D eigenvalue weighted by Crippen LogP contribution is -2.20. The molecule has 1 aromatic carbocycles. The van der Waals surface area contributed by atoms with E-state index in [1.807, 2.05) is 24.3 Å². The number of hydrogen-bond donors (Lipinski definition) is 2. The third kappa shape index (κ3) is 5.69. The van der Waals surface area contributed by atoms with Gasteiger partial charge in [-0.25, -0.2) is 15.0 Å². The van der Waals surface area contributed by atoms with Crippen LogP contribution < -0.4 is 5.73 Å². The van der Waals surface area contributed by atoms with Crippen LogP contribution in [0.1, 0.15) is 57.8 Å². The van der Waals surface area contributed by atoms with E-state index in [4.69, 9.17) is 27.3 Å². The topological polar surface area (TPSA) is 132 Å². The van der Waals surface area contributed by atoms with Gasteiger partial charge in [0, 0.05) is 23.3 Å². The summed E-state index contributed by atoms with van der Waals surface area (Å²) < 4.78 is 2.14. The average Bonchev–Trinajstić information content (AvgIpc) is 3.27. The van der Waals surface area contributed by atoms with Crippen LogP contribution in [-0.4, -0.2) is 41.9 Å². The Morgan fingerprint density at radius 3 is 2.64 bits per heavy atom. The lowest BCUT2D eigenvalue weighted by Gasteiger charge is -2.27. The molecule has 0 bridgehead atoms. The number of rotatable bonds is 7. The number of carbonyl (C=O) groups excluding carboxylic acids is 1. The maximum atomic E-state index is 11.1. The Balaban J connectivity index is 1.79. The summed E-state index contributed by atoms with van der Waals surface area (Å²) in [6, 6.07) is 11.0. The molecule has 0 saturated heterocycles. The van der Waals surface area contributed by atoms with Gasteiger partial charge in [0.05, 0.1) is 5.60 Å². The number of amidine groups is 1. The fourth-order valence-corrected chi connectivity index (χ4v) is 5.37. The van der Waals surface area contributed by atoms with Crippen molar-refractivity contribution in [3.05, 3.63) is 59.0 Å². The Labute approximate surface area is 232 Å². The minimum atomic E-state index is -1.05. The van der Waals surface area contributed by atoms with Gasteiger partial charge in [0.2, 0.25) is 6.41 Å². The average molecular weight is 546 g/mol. The molecular formula is C29H32ClN7O2. The number of carbonyl (C=O) groups is 1. The van der Waals surface area contributed by atoms with Crippen molar-refractivity contribution < 1.29 is 9.90 Å². The predicted octanol–water partition coefficient (Wildman–Crippen LogP) is 5.12. The largest absolute Gasteiger partial charge is 0.386 e. The standard InChI is InChI=1S/C29H32ClN7O2/c1-17-7-9-18(10-8-17)15-37-24-23(19-5-4-6-21(30)13-19)34-27(25(31)33-16-38)35-26(24)36-28(37)22-14-20(11-12-32-22)29(2,3)39/h4-6,11-14,16-18,39H,7-10,15H2,1-3H3,(H2,31,33,38). The van der Waals surface area contributed by atoms with E-state index in [1.54, 1.807) is 32.2 Å². The van der Waals surface area contributed by atoms with Gasteiger partial charge >= 0.3 is 0 Å². The van der Waals surface area contributed by atoms with Gasteiger partial charge in [-0.2, -0.15) is 4.99 Å². The Kier molecular flexibility index (Phi) is 7.46. The summed E-state index contributed by atoms with van der Waals surface area (Å²) in [5.74, 6) is 1.79. The number of fused-ring (bicyclic) bond motifs is 1. The van der Waals surface area contributed by atoms with Crippen molar-refractivity contribution in [2.24, 2.45) is 22.6 Å². The lowest BCUT2D eigenvalue weighted by molar-refractivity contribution is -0.106. The van der Waals surface area contributed by atoms with Crippen molar-refractivity contribution >= 4 is 35.0 Å². The molecule has 202 valence electrons. The van der Waals surface area contributed by atoms with Crippen molar-refractivity contribution in [2.75, 3.05) is 0 Å². The van der Waals surface area contributed by atoms with Crippen LogP contribution in [0.5, 0.6) is 0 Å². The maximum Gasteiger partial charge on any atom is 0.234 e. The first-order valence-electron chi connectivity index (χ1n) is 13.1. The van der Waals surface area contributed by atoms with Crippen LogP contribution in [0.3, 0.4) is 0 Å². The normalized spacial score (nSPS) is 18.4. The van der Waals surface area contributed by atoms with E-state index in [0.29, 0.717) is 46.8 Å². The zero-order valence-electron chi connectivity index (χ0n) is 22.3. The molecule has 39 heavy (non-hydrogen) atoms. The van der Waals surface area contributed by atoms with Gasteiger partial charge in [-0.3, -0.25) is 9.78 Å². The van der Waals surface area contributed by atoms with E-state index in [-0.39, 0.29) is 11.7 Å². The summed E-state index contributed by atoms with van der Waals surface area (Å²) in [5, 5.41) is 11.2. The molecule has 3 heterocycles. The van der Waals surface area contributed by atoms with Crippen LogP contribution in [0, 0.1) is 11.8 Å². The highest BCUT2D eigenvalue weighted by atomic mass is 35.5. The van der Waals surface area contributed by atoms with Crippen molar-refractivity contribution in [3.8, 4) is 22.8 Å². The monoisotopic (exact) mass is 545 g/mol. The molecule has 0 aliphatic heterocycles. The number of pyridine rings is 1. The highest BCUT2D eigenvalue weighted by Crippen LogP contribution is 2.36. The predicted molar refractivity (Wildman–Crippen MR) is 152 cm³/mol. The number of hydrogen-bond acceptors (Lipinski definition) is 6. The van der Waals surface area contributed by atoms with E-state index < -0.39 is 5.60 Å². The van der Waals surface area contributed by atoms with Crippen molar-refractivity contribution in [2.45, 2.75) is 58.6 Å². The molecule has 1 amide bonds. The third-order valence-electron chi connectivity index (χ3n) is 7.39. The molecule has 1 aliphatic rings. The summed E-state index contributed by atoms with van der Waals surface area (Å²) in [4.78, 5) is 33.7. The van der Waals surface area contributed by atoms with Crippen molar-refractivity contribution in [1.29, 1.82) is 0 Å². The molecule has 3 aromatic heterocycles. The van der Waals surface area contributed by atoms with Crippen molar-refractivity contribution in [1.82, 2.24) is 24.5 Å². The third-order valence-corrected chi connectivity index (χ3v) is 7.63. The summed E-state index contributed by atoms with van der Waals surface area (Å²) in [6.45, 7) is 6.49. The Bertz CT molecular complexity index is 1550. The summed E-state index contributed by atoms with van der Waals surface area (Å²) >= 11 is 6.37. The Morgan fingerprint density at radius 1 is 1.18 bits per heavy atom. The first kappa shape index (κ1) is 26.9. The number of aliphatic imine (C=N–C) groups is 1. The fraction of sp³-hybridized carbons (Fsp3) is 0.379. The Morgan fingerprint density at radius 2 is 1.95 bits per heavy atom. The smallest absolute Gasteiger partial charge is 0.234 e. The number of nitrogens with two attached hydrogens (primary N) is 1. The molecule has 3 N–H and O–H groups in total. The zero-order valence-corrected chi connectivity index (χ0v) is 23.1. The molecule has 0 atom stereocenters. The molecule has 1 saturated carbocycles. The first-order valence-corrected chi connectivity index (χ1v) is 13.5. The highest BCUT2D eigenvalue weighted by Gasteiger charge is 2.27. The second kappa shape index (κ2) is 10.8. The fourth-order valence-electron chi connectivity index (χ4n) is 5.18. The van der Waals surface area contributed by atoms with Crippen LogP contribution in [0.15, 0.2) is 47.6 Å². The van der Waals surface area contributed by atoms with Gasteiger partial charge in [0.25, 0.3) is 0 Å². The summed E-state index contributed by atoms with van der Waals surface area (Å²) in [5.41, 5.74) is 8.83. The van der Waals surface area contributed by atoms with Crippen molar-refractivity contribution in [3.63, 3.8) is 0 Å². The number of amides is 1. The lowest BCUT2D eigenvalue weighted by atomic mass is 9.83. The molecule has 1 aliphatic carbocycles. The molecular weight excluding hydrogens is 514 g/mol.